The maximum absolute atomic E-state index is 12.6. The zero-order valence-corrected chi connectivity index (χ0v) is 15.4. The van der Waals surface area contributed by atoms with Crippen LogP contribution >= 0.6 is 11.3 Å². The SMILES string of the molecule is Cc1ccc(C)c([C@H](O)CN2CCN(c3nnc(C(F)(F)F)s3)CC2)c1. The van der Waals surface area contributed by atoms with Crippen LogP contribution in [-0.2, 0) is 6.18 Å². The number of aryl methyl sites for hydroxylation is 2. The highest BCUT2D eigenvalue weighted by Gasteiger charge is 2.36. The third-order valence-corrected chi connectivity index (χ3v) is 5.55. The van der Waals surface area contributed by atoms with Crippen molar-refractivity contribution in [2.24, 2.45) is 0 Å². The van der Waals surface area contributed by atoms with Gasteiger partial charge in [0.2, 0.25) is 10.1 Å². The molecule has 0 unspecified atom stereocenters. The summed E-state index contributed by atoms with van der Waals surface area (Å²) in [5, 5.41) is 16.8. The third kappa shape index (κ3) is 4.33. The number of nitrogens with zero attached hydrogens (tertiary/aromatic N) is 4. The Labute approximate surface area is 154 Å². The van der Waals surface area contributed by atoms with Crippen molar-refractivity contribution < 1.29 is 18.3 Å². The number of piperazine rings is 1. The van der Waals surface area contributed by atoms with E-state index < -0.39 is 17.3 Å². The first-order valence-electron chi connectivity index (χ1n) is 8.37. The molecule has 26 heavy (non-hydrogen) atoms. The summed E-state index contributed by atoms with van der Waals surface area (Å²) in [7, 11) is 0. The zero-order chi connectivity index (χ0) is 18.9. The number of aliphatic hydroxyl groups excluding tert-OH is 1. The number of hydrogen-bond donors (Lipinski definition) is 1. The van der Waals surface area contributed by atoms with Gasteiger partial charge >= 0.3 is 6.18 Å². The molecule has 9 heteroatoms. The number of anilines is 1. The first-order chi connectivity index (χ1) is 12.2. The van der Waals surface area contributed by atoms with E-state index in [0.717, 1.165) is 16.7 Å². The average Bonchev–Trinajstić information content (AvgIpc) is 3.08. The van der Waals surface area contributed by atoms with Crippen molar-refractivity contribution in [3.63, 3.8) is 0 Å². The monoisotopic (exact) mass is 386 g/mol. The van der Waals surface area contributed by atoms with E-state index in [4.69, 9.17) is 0 Å². The van der Waals surface area contributed by atoms with Crippen molar-refractivity contribution in [2.75, 3.05) is 37.6 Å². The van der Waals surface area contributed by atoms with Crippen LogP contribution in [0.3, 0.4) is 0 Å². The average molecular weight is 386 g/mol. The van der Waals surface area contributed by atoms with Crippen molar-refractivity contribution >= 4 is 16.5 Å². The lowest BCUT2D eigenvalue weighted by atomic mass is 10.0. The predicted molar refractivity (Wildman–Crippen MR) is 94.4 cm³/mol. The Kier molecular flexibility index (Phi) is 5.50. The third-order valence-electron chi connectivity index (χ3n) is 4.52. The Morgan fingerprint density at radius 3 is 2.46 bits per heavy atom. The van der Waals surface area contributed by atoms with Crippen LogP contribution in [0, 0.1) is 13.8 Å². The van der Waals surface area contributed by atoms with Gasteiger partial charge in [0, 0.05) is 32.7 Å². The van der Waals surface area contributed by atoms with E-state index in [-0.39, 0.29) is 0 Å². The molecule has 0 aliphatic carbocycles. The molecule has 1 aromatic carbocycles. The van der Waals surface area contributed by atoms with E-state index in [2.05, 4.69) is 15.1 Å². The van der Waals surface area contributed by atoms with Crippen molar-refractivity contribution in [2.45, 2.75) is 26.1 Å². The zero-order valence-electron chi connectivity index (χ0n) is 14.6. The topological polar surface area (TPSA) is 52.5 Å². The largest absolute Gasteiger partial charge is 0.445 e. The van der Waals surface area contributed by atoms with Crippen LogP contribution in [0.1, 0.15) is 27.8 Å². The highest BCUT2D eigenvalue weighted by atomic mass is 32.1. The molecule has 2 heterocycles. The summed E-state index contributed by atoms with van der Waals surface area (Å²) >= 11 is 0.573. The molecule has 1 aromatic heterocycles. The Morgan fingerprint density at radius 1 is 1.15 bits per heavy atom. The first kappa shape index (κ1) is 19.1. The maximum atomic E-state index is 12.6. The molecule has 5 nitrogen and oxygen atoms in total. The molecule has 1 atom stereocenters. The van der Waals surface area contributed by atoms with Crippen LogP contribution in [0.5, 0.6) is 0 Å². The molecule has 1 fully saturated rings. The number of hydrogen-bond acceptors (Lipinski definition) is 6. The van der Waals surface area contributed by atoms with Crippen molar-refractivity contribution in [3.8, 4) is 0 Å². The van der Waals surface area contributed by atoms with Gasteiger partial charge in [-0.15, -0.1) is 10.2 Å². The number of rotatable bonds is 4. The molecule has 0 radical (unpaired) electrons. The van der Waals surface area contributed by atoms with Gasteiger partial charge in [0.05, 0.1) is 6.10 Å². The van der Waals surface area contributed by atoms with E-state index >= 15 is 0 Å². The Hall–Kier alpha value is -1.71. The molecule has 1 saturated heterocycles. The van der Waals surface area contributed by atoms with Crippen molar-refractivity contribution in [1.82, 2.24) is 15.1 Å². The minimum Gasteiger partial charge on any atom is -0.387 e. The fourth-order valence-corrected chi connectivity index (χ4v) is 3.81. The van der Waals surface area contributed by atoms with Crippen LogP contribution < -0.4 is 4.90 Å². The number of β-amino-alcohol motifs (C(OH)–C–C–N with tert-alkyl or cyclic N) is 1. The van der Waals surface area contributed by atoms with Crippen molar-refractivity contribution in [3.05, 3.63) is 39.9 Å². The fourth-order valence-electron chi connectivity index (χ4n) is 3.04. The maximum Gasteiger partial charge on any atom is 0.445 e. The first-order valence-corrected chi connectivity index (χ1v) is 9.19. The van der Waals surface area contributed by atoms with Gasteiger partial charge in [0.1, 0.15) is 0 Å². The normalized spacial score (nSPS) is 17.5. The van der Waals surface area contributed by atoms with E-state index in [1.807, 2.05) is 36.9 Å². The standard InChI is InChI=1S/C17H21F3N4OS/c1-11-3-4-12(2)13(9-11)14(25)10-23-5-7-24(8-6-23)16-22-21-15(26-16)17(18,19)20/h3-4,9,14,25H,5-8,10H2,1-2H3/t14-/m1/s1. The summed E-state index contributed by atoms with van der Waals surface area (Å²) in [6, 6.07) is 6.01. The van der Waals surface area contributed by atoms with Gasteiger partial charge in [0.25, 0.3) is 0 Å². The Balaban J connectivity index is 1.57. The lowest BCUT2D eigenvalue weighted by Gasteiger charge is -2.35. The quantitative estimate of drug-likeness (QED) is 0.876. The van der Waals surface area contributed by atoms with Gasteiger partial charge < -0.3 is 10.0 Å². The van der Waals surface area contributed by atoms with E-state index in [9.17, 15) is 18.3 Å². The smallest absolute Gasteiger partial charge is 0.387 e. The molecule has 0 amide bonds. The summed E-state index contributed by atoms with van der Waals surface area (Å²) < 4.78 is 37.9. The fraction of sp³-hybridized carbons (Fsp3) is 0.529. The number of benzene rings is 1. The summed E-state index contributed by atoms with van der Waals surface area (Å²) in [4.78, 5) is 3.93. The summed E-state index contributed by atoms with van der Waals surface area (Å²) in [6.45, 7) is 6.90. The Bertz CT molecular complexity index is 757. The summed E-state index contributed by atoms with van der Waals surface area (Å²) in [6.07, 6.45) is -5.03. The lowest BCUT2D eigenvalue weighted by molar-refractivity contribution is -0.138. The van der Waals surface area contributed by atoms with Gasteiger partial charge in [-0.05, 0) is 25.0 Å². The molecule has 0 spiro atoms. The second-order valence-electron chi connectivity index (χ2n) is 6.55. The van der Waals surface area contributed by atoms with Crippen LogP contribution in [0.4, 0.5) is 18.3 Å². The summed E-state index contributed by atoms with van der Waals surface area (Å²) in [5.41, 5.74) is 3.08. The number of alkyl halides is 3. The summed E-state index contributed by atoms with van der Waals surface area (Å²) in [5.74, 6) is 0. The van der Waals surface area contributed by atoms with E-state index in [1.54, 1.807) is 0 Å². The van der Waals surface area contributed by atoms with E-state index in [1.165, 1.54) is 0 Å². The molecule has 1 aliphatic heterocycles. The molecule has 1 aliphatic rings. The lowest BCUT2D eigenvalue weighted by Crippen LogP contribution is -2.47. The minimum atomic E-state index is -4.45. The van der Waals surface area contributed by atoms with Gasteiger partial charge in [0.15, 0.2) is 0 Å². The highest BCUT2D eigenvalue weighted by molar-refractivity contribution is 7.15. The van der Waals surface area contributed by atoms with Crippen LogP contribution in [0.2, 0.25) is 0 Å². The van der Waals surface area contributed by atoms with Gasteiger partial charge in [-0.25, -0.2) is 0 Å². The molecule has 142 valence electrons. The number of aliphatic hydroxyl groups is 1. The predicted octanol–water partition coefficient (Wildman–Crippen LogP) is 3.03. The van der Waals surface area contributed by atoms with Crippen molar-refractivity contribution in [1.29, 1.82) is 0 Å². The highest BCUT2D eigenvalue weighted by Crippen LogP contribution is 2.34. The van der Waals surface area contributed by atoms with Crippen LogP contribution in [0.15, 0.2) is 18.2 Å². The second-order valence-corrected chi connectivity index (χ2v) is 7.51. The molecule has 0 bridgehead atoms. The molecular formula is C17H21F3N4OS. The minimum absolute atomic E-state index is 0.298. The molecule has 0 saturated carbocycles. The molecule has 3 rings (SSSR count). The molecule has 1 N–H and O–H groups in total. The van der Waals surface area contributed by atoms with Crippen LogP contribution in [0.25, 0.3) is 0 Å². The Morgan fingerprint density at radius 2 is 1.85 bits per heavy atom. The molecule has 2 aromatic rings. The van der Waals surface area contributed by atoms with E-state index in [0.29, 0.717) is 49.2 Å². The van der Waals surface area contributed by atoms with Gasteiger partial charge in [-0.1, -0.05) is 35.1 Å². The second kappa shape index (κ2) is 7.50. The van der Waals surface area contributed by atoms with Gasteiger partial charge in [-0.2, -0.15) is 13.2 Å². The molecular weight excluding hydrogens is 365 g/mol. The number of aromatic nitrogens is 2. The number of halogens is 3. The van der Waals surface area contributed by atoms with Gasteiger partial charge in [-0.3, -0.25) is 4.90 Å². The van der Waals surface area contributed by atoms with Crippen LogP contribution in [-0.4, -0.2) is 52.9 Å².